The third kappa shape index (κ3) is 4.50. The van der Waals surface area contributed by atoms with Gasteiger partial charge in [-0.2, -0.15) is 18.3 Å². The van der Waals surface area contributed by atoms with Gasteiger partial charge in [-0.05, 0) is 49.4 Å². The second kappa shape index (κ2) is 8.08. The molecule has 0 spiro atoms. The van der Waals surface area contributed by atoms with E-state index in [-0.39, 0.29) is 23.2 Å². The van der Waals surface area contributed by atoms with Crippen LogP contribution < -0.4 is 4.90 Å². The molecule has 2 heterocycles. The van der Waals surface area contributed by atoms with Gasteiger partial charge in [0, 0.05) is 24.1 Å². The zero-order valence-corrected chi connectivity index (χ0v) is 18.4. The van der Waals surface area contributed by atoms with Crippen LogP contribution in [0.3, 0.4) is 0 Å². The molecule has 6 nitrogen and oxygen atoms in total. The third-order valence-electron chi connectivity index (χ3n) is 5.22. The summed E-state index contributed by atoms with van der Waals surface area (Å²) >= 11 is 0. The van der Waals surface area contributed by atoms with Crippen molar-refractivity contribution in [3.8, 4) is 11.8 Å². The number of alkyl halides is 3. The Balaban J connectivity index is 1.68. The fourth-order valence-electron chi connectivity index (χ4n) is 3.55. The highest BCUT2D eigenvalue weighted by molar-refractivity contribution is 7.90. The molecule has 1 aliphatic rings. The molecule has 0 saturated heterocycles. The largest absolute Gasteiger partial charge is 0.416 e. The van der Waals surface area contributed by atoms with Gasteiger partial charge in [0.15, 0.2) is 9.84 Å². The zero-order valence-electron chi connectivity index (χ0n) is 17.6. The minimum atomic E-state index is -4.46. The lowest BCUT2D eigenvalue weighted by atomic mass is 10.1. The van der Waals surface area contributed by atoms with Crippen LogP contribution in [-0.4, -0.2) is 36.9 Å². The molecule has 0 N–H and O–H groups in total. The SMILES string of the molecule is C[C@H]1CN(c2ccc(C(F)(F)F)cc2)C(=O)c2c(C#Cc3cccc(S(C)(=O)=O)c3)cnn21. The number of sulfone groups is 1. The van der Waals surface area contributed by atoms with E-state index in [0.717, 1.165) is 18.4 Å². The summed E-state index contributed by atoms with van der Waals surface area (Å²) in [6, 6.07) is 10.3. The van der Waals surface area contributed by atoms with E-state index in [1.54, 1.807) is 16.8 Å². The maximum Gasteiger partial charge on any atom is 0.416 e. The van der Waals surface area contributed by atoms with Crippen LogP contribution in [-0.2, 0) is 16.0 Å². The van der Waals surface area contributed by atoms with E-state index in [9.17, 15) is 26.4 Å². The number of nitrogens with zero attached hydrogens (tertiary/aromatic N) is 3. The molecule has 3 aromatic rings. The summed E-state index contributed by atoms with van der Waals surface area (Å²) in [5, 5.41) is 4.25. The van der Waals surface area contributed by atoms with Gasteiger partial charge in [-0.15, -0.1) is 0 Å². The number of hydrogen-bond donors (Lipinski definition) is 0. The Labute approximate surface area is 188 Å². The minimum Gasteiger partial charge on any atom is -0.305 e. The van der Waals surface area contributed by atoms with E-state index in [4.69, 9.17) is 0 Å². The number of aromatic nitrogens is 2. The molecule has 1 amide bonds. The molecule has 10 heteroatoms. The van der Waals surface area contributed by atoms with Crippen molar-refractivity contribution >= 4 is 21.4 Å². The number of carbonyl (C=O) groups excluding carboxylic acids is 1. The van der Waals surface area contributed by atoms with Crippen LogP contribution in [0.5, 0.6) is 0 Å². The lowest BCUT2D eigenvalue weighted by molar-refractivity contribution is -0.137. The van der Waals surface area contributed by atoms with Gasteiger partial charge in [-0.25, -0.2) is 8.42 Å². The Morgan fingerprint density at radius 3 is 2.42 bits per heavy atom. The second-order valence-electron chi connectivity index (χ2n) is 7.71. The van der Waals surface area contributed by atoms with Gasteiger partial charge in [0.05, 0.1) is 28.3 Å². The van der Waals surface area contributed by atoms with Crippen molar-refractivity contribution in [2.45, 2.75) is 24.0 Å². The van der Waals surface area contributed by atoms with Crippen molar-refractivity contribution in [3.63, 3.8) is 0 Å². The average molecular weight is 473 g/mol. The molecule has 4 rings (SSSR count). The van der Waals surface area contributed by atoms with Gasteiger partial charge in [0.25, 0.3) is 5.91 Å². The zero-order chi connectivity index (χ0) is 24.0. The number of rotatable bonds is 2. The summed E-state index contributed by atoms with van der Waals surface area (Å²) in [6.07, 6.45) is -1.91. The monoisotopic (exact) mass is 473 g/mol. The second-order valence-corrected chi connectivity index (χ2v) is 9.73. The van der Waals surface area contributed by atoms with Crippen molar-refractivity contribution in [1.82, 2.24) is 9.78 Å². The van der Waals surface area contributed by atoms with Gasteiger partial charge >= 0.3 is 6.18 Å². The first-order valence-corrected chi connectivity index (χ1v) is 11.7. The van der Waals surface area contributed by atoms with E-state index in [0.29, 0.717) is 16.8 Å². The van der Waals surface area contributed by atoms with Gasteiger partial charge in [0.2, 0.25) is 0 Å². The molecule has 1 aromatic heterocycles. The topological polar surface area (TPSA) is 72.3 Å². The lowest BCUT2D eigenvalue weighted by Crippen LogP contribution is -2.43. The number of hydrogen-bond acceptors (Lipinski definition) is 4. The Bertz CT molecular complexity index is 1400. The molecule has 0 radical (unpaired) electrons. The highest BCUT2D eigenvalue weighted by Gasteiger charge is 2.34. The first kappa shape index (κ1) is 22.6. The summed E-state index contributed by atoms with van der Waals surface area (Å²) in [5.74, 6) is 5.30. The van der Waals surface area contributed by atoms with Gasteiger partial charge in [-0.1, -0.05) is 17.9 Å². The number of fused-ring (bicyclic) bond motifs is 1. The molecule has 170 valence electrons. The Kier molecular flexibility index (Phi) is 5.54. The first-order chi connectivity index (χ1) is 15.4. The number of halogens is 3. The quantitative estimate of drug-likeness (QED) is 0.529. The molecule has 0 unspecified atom stereocenters. The highest BCUT2D eigenvalue weighted by Crippen LogP contribution is 2.32. The van der Waals surface area contributed by atoms with Gasteiger partial charge < -0.3 is 4.90 Å². The maximum absolute atomic E-state index is 13.2. The van der Waals surface area contributed by atoms with E-state index >= 15 is 0 Å². The normalized spacial score (nSPS) is 16.2. The summed E-state index contributed by atoms with van der Waals surface area (Å²) in [4.78, 5) is 14.7. The molecular formula is C23H18F3N3O3S. The first-order valence-electron chi connectivity index (χ1n) is 9.84. The molecule has 0 saturated carbocycles. The fraction of sp³-hybridized carbons (Fsp3) is 0.217. The van der Waals surface area contributed by atoms with E-state index in [1.807, 2.05) is 6.92 Å². The highest BCUT2D eigenvalue weighted by atomic mass is 32.2. The standard InChI is InChI=1S/C23H18F3N3O3S/c1-15-14-28(19-10-8-18(9-11-19)23(24,25)26)22(30)21-17(13-27-29(15)21)7-6-16-4-3-5-20(12-16)33(2,31)32/h3-5,8-13,15H,14H2,1-2H3/t15-/m0/s1. The molecule has 0 aliphatic carbocycles. The minimum absolute atomic E-state index is 0.129. The predicted molar refractivity (Wildman–Crippen MR) is 116 cm³/mol. The van der Waals surface area contributed by atoms with Crippen molar-refractivity contribution in [1.29, 1.82) is 0 Å². The van der Waals surface area contributed by atoms with Crippen LogP contribution in [0.1, 0.15) is 40.1 Å². The van der Waals surface area contributed by atoms with Crippen molar-refractivity contribution in [2.24, 2.45) is 0 Å². The van der Waals surface area contributed by atoms with Crippen LogP contribution in [0.4, 0.5) is 18.9 Å². The van der Waals surface area contributed by atoms with Crippen LogP contribution in [0.25, 0.3) is 0 Å². The molecule has 0 bridgehead atoms. The number of anilines is 1. The summed E-state index contributed by atoms with van der Waals surface area (Å²) < 4.78 is 63.7. The van der Waals surface area contributed by atoms with Crippen LogP contribution in [0, 0.1) is 11.8 Å². The average Bonchev–Trinajstić information content (AvgIpc) is 3.19. The third-order valence-corrected chi connectivity index (χ3v) is 6.33. The Hall–Kier alpha value is -3.58. The van der Waals surface area contributed by atoms with Crippen molar-refractivity contribution in [3.05, 3.63) is 77.1 Å². The number of amides is 1. The Morgan fingerprint density at radius 1 is 1.09 bits per heavy atom. The smallest absolute Gasteiger partial charge is 0.305 e. The van der Waals surface area contributed by atoms with Crippen molar-refractivity contribution in [2.75, 3.05) is 17.7 Å². The summed E-state index contributed by atoms with van der Waals surface area (Å²) in [5.41, 5.74) is 0.561. The van der Waals surface area contributed by atoms with E-state index < -0.39 is 27.5 Å². The van der Waals surface area contributed by atoms with Crippen LogP contribution in [0.15, 0.2) is 59.6 Å². The molecule has 1 aliphatic heterocycles. The molecule has 1 atom stereocenters. The van der Waals surface area contributed by atoms with Crippen LogP contribution in [0.2, 0.25) is 0 Å². The number of benzene rings is 2. The fourth-order valence-corrected chi connectivity index (χ4v) is 4.22. The van der Waals surface area contributed by atoms with Gasteiger partial charge in [-0.3, -0.25) is 9.48 Å². The van der Waals surface area contributed by atoms with Crippen LogP contribution >= 0.6 is 0 Å². The molecule has 0 fully saturated rings. The van der Waals surface area contributed by atoms with Gasteiger partial charge in [0.1, 0.15) is 5.69 Å². The van der Waals surface area contributed by atoms with E-state index in [1.165, 1.54) is 35.4 Å². The summed E-state index contributed by atoms with van der Waals surface area (Å²) in [7, 11) is -3.39. The molecule has 2 aromatic carbocycles. The maximum atomic E-state index is 13.2. The van der Waals surface area contributed by atoms with E-state index in [2.05, 4.69) is 16.9 Å². The molecule has 33 heavy (non-hydrogen) atoms. The predicted octanol–water partition coefficient (Wildman–Crippen LogP) is 3.93. The number of carbonyl (C=O) groups is 1. The summed E-state index contributed by atoms with van der Waals surface area (Å²) in [6.45, 7) is 2.08. The molecular weight excluding hydrogens is 455 g/mol. The lowest BCUT2D eigenvalue weighted by Gasteiger charge is -2.32. The Morgan fingerprint density at radius 2 is 1.79 bits per heavy atom. The van der Waals surface area contributed by atoms with Crippen molar-refractivity contribution < 1.29 is 26.4 Å².